The normalized spacial score (nSPS) is 41.7. The fourth-order valence-corrected chi connectivity index (χ4v) is 1.25. The summed E-state index contributed by atoms with van der Waals surface area (Å²) in [7, 11) is 1.70. The van der Waals surface area contributed by atoms with Gasteiger partial charge in [-0.25, -0.2) is 0 Å². The van der Waals surface area contributed by atoms with Crippen LogP contribution >= 0.6 is 0 Å². The van der Waals surface area contributed by atoms with Gasteiger partial charge in [-0.15, -0.1) is 0 Å². The highest BCUT2D eigenvalue weighted by Gasteiger charge is 2.27. The molecule has 0 amide bonds. The average molecular weight is 145 g/mol. The molecular formula is C7H15NO2. The lowest BCUT2D eigenvalue weighted by molar-refractivity contribution is -0.0664. The molecule has 0 aromatic rings. The molecule has 0 bridgehead atoms. The number of ether oxygens (including phenoxy) is 2. The van der Waals surface area contributed by atoms with Crippen LogP contribution in [0.15, 0.2) is 0 Å². The molecule has 3 atom stereocenters. The molecular weight excluding hydrogens is 130 g/mol. The topological polar surface area (TPSA) is 44.5 Å². The number of hydrogen-bond donors (Lipinski definition) is 1. The Kier molecular flexibility index (Phi) is 2.65. The minimum atomic E-state index is 0.0405. The molecule has 0 radical (unpaired) electrons. The van der Waals surface area contributed by atoms with Crippen LogP contribution in [-0.4, -0.2) is 32.0 Å². The van der Waals surface area contributed by atoms with Gasteiger partial charge in [0, 0.05) is 13.7 Å². The van der Waals surface area contributed by atoms with E-state index in [1.807, 2.05) is 6.92 Å². The molecule has 1 heterocycles. The maximum atomic E-state index is 5.78. The van der Waals surface area contributed by atoms with Crippen molar-refractivity contribution < 1.29 is 9.47 Å². The van der Waals surface area contributed by atoms with Crippen molar-refractivity contribution in [3.63, 3.8) is 0 Å². The van der Waals surface area contributed by atoms with Crippen LogP contribution in [-0.2, 0) is 9.47 Å². The number of rotatable bonds is 1. The van der Waals surface area contributed by atoms with Crippen molar-refractivity contribution in [3.8, 4) is 0 Å². The van der Waals surface area contributed by atoms with E-state index < -0.39 is 0 Å². The second-order valence-corrected chi connectivity index (χ2v) is 2.72. The van der Waals surface area contributed by atoms with Crippen LogP contribution in [0.1, 0.15) is 13.3 Å². The lowest BCUT2D eigenvalue weighted by Crippen LogP contribution is -2.49. The van der Waals surface area contributed by atoms with Crippen molar-refractivity contribution in [2.45, 2.75) is 31.6 Å². The third-order valence-electron chi connectivity index (χ3n) is 2.06. The number of nitrogens with two attached hydrogens (primary N) is 1. The van der Waals surface area contributed by atoms with E-state index in [4.69, 9.17) is 15.2 Å². The predicted molar refractivity (Wildman–Crippen MR) is 38.8 cm³/mol. The minimum absolute atomic E-state index is 0.0405. The first-order valence-corrected chi connectivity index (χ1v) is 3.65. The summed E-state index contributed by atoms with van der Waals surface area (Å²) in [5.41, 5.74) is 5.78. The Balaban J connectivity index is 2.42. The Morgan fingerprint density at radius 1 is 1.60 bits per heavy atom. The molecule has 0 aromatic heterocycles. The molecule has 0 saturated carbocycles. The summed E-state index contributed by atoms with van der Waals surface area (Å²) in [6, 6.07) is 0.0405. The van der Waals surface area contributed by atoms with Gasteiger partial charge < -0.3 is 15.2 Å². The highest BCUT2D eigenvalue weighted by Crippen LogP contribution is 2.14. The molecule has 0 aromatic carbocycles. The van der Waals surface area contributed by atoms with E-state index in [0.717, 1.165) is 13.0 Å². The third kappa shape index (κ3) is 1.48. The van der Waals surface area contributed by atoms with E-state index in [2.05, 4.69) is 0 Å². The van der Waals surface area contributed by atoms with Crippen LogP contribution in [0.5, 0.6) is 0 Å². The largest absolute Gasteiger partial charge is 0.380 e. The molecule has 1 aliphatic heterocycles. The zero-order chi connectivity index (χ0) is 7.56. The summed E-state index contributed by atoms with van der Waals surface area (Å²) in [5, 5.41) is 0. The molecule has 1 aliphatic rings. The van der Waals surface area contributed by atoms with Crippen LogP contribution in [0.4, 0.5) is 0 Å². The van der Waals surface area contributed by atoms with Crippen LogP contribution in [0.3, 0.4) is 0 Å². The van der Waals surface area contributed by atoms with Crippen LogP contribution in [0.25, 0.3) is 0 Å². The Labute approximate surface area is 61.5 Å². The minimum Gasteiger partial charge on any atom is -0.380 e. The van der Waals surface area contributed by atoms with E-state index in [0.29, 0.717) is 0 Å². The predicted octanol–water partition coefficient (Wildman–Crippen LogP) is 0.138. The van der Waals surface area contributed by atoms with Crippen molar-refractivity contribution in [2.75, 3.05) is 13.7 Å². The smallest absolute Gasteiger partial charge is 0.0769 e. The zero-order valence-corrected chi connectivity index (χ0v) is 6.54. The highest BCUT2D eigenvalue weighted by atomic mass is 16.5. The van der Waals surface area contributed by atoms with Gasteiger partial charge in [-0.05, 0) is 13.3 Å². The number of hydrogen-bond acceptors (Lipinski definition) is 3. The fraction of sp³-hybridized carbons (Fsp3) is 1.00. The van der Waals surface area contributed by atoms with Gasteiger partial charge in [-0.3, -0.25) is 0 Å². The van der Waals surface area contributed by atoms with E-state index in [9.17, 15) is 0 Å². The van der Waals surface area contributed by atoms with Gasteiger partial charge in [0.1, 0.15) is 0 Å². The molecule has 3 unspecified atom stereocenters. The van der Waals surface area contributed by atoms with E-state index in [-0.39, 0.29) is 18.2 Å². The summed E-state index contributed by atoms with van der Waals surface area (Å²) in [6.07, 6.45) is 1.24. The van der Waals surface area contributed by atoms with Gasteiger partial charge in [0.2, 0.25) is 0 Å². The molecule has 10 heavy (non-hydrogen) atoms. The SMILES string of the molecule is COC1CCOC(C)C1N. The van der Waals surface area contributed by atoms with E-state index >= 15 is 0 Å². The summed E-state index contributed by atoms with van der Waals surface area (Å²) in [4.78, 5) is 0. The molecule has 0 spiro atoms. The first-order chi connectivity index (χ1) is 4.75. The van der Waals surface area contributed by atoms with E-state index in [1.54, 1.807) is 7.11 Å². The highest BCUT2D eigenvalue weighted by molar-refractivity contribution is 4.82. The van der Waals surface area contributed by atoms with Crippen LogP contribution in [0, 0.1) is 0 Å². The molecule has 1 rings (SSSR count). The zero-order valence-electron chi connectivity index (χ0n) is 6.54. The van der Waals surface area contributed by atoms with Gasteiger partial charge in [0.15, 0.2) is 0 Å². The molecule has 2 N–H and O–H groups in total. The van der Waals surface area contributed by atoms with Crippen LogP contribution < -0.4 is 5.73 Å². The van der Waals surface area contributed by atoms with Crippen molar-refractivity contribution in [1.82, 2.24) is 0 Å². The van der Waals surface area contributed by atoms with Gasteiger partial charge in [-0.1, -0.05) is 0 Å². The van der Waals surface area contributed by atoms with Gasteiger partial charge in [0.25, 0.3) is 0 Å². The van der Waals surface area contributed by atoms with Crippen molar-refractivity contribution in [1.29, 1.82) is 0 Å². The standard InChI is InChI=1S/C7H15NO2/c1-5-7(8)6(9-2)3-4-10-5/h5-7H,3-4,8H2,1-2H3. The van der Waals surface area contributed by atoms with Crippen molar-refractivity contribution in [3.05, 3.63) is 0 Å². The Morgan fingerprint density at radius 3 is 2.80 bits per heavy atom. The second kappa shape index (κ2) is 3.32. The lowest BCUT2D eigenvalue weighted by atomic mass is 10.0. The first-order valence-electron chi connectivity index (χ1n) is 3.65. The fourth-order valence-electron chi connectivity index (χ4n) is 1.25. The summed E-state index contributed by atoms with van der Waals surface area (Å²) < 4.78 is 10.5. The van der Waals surface area contributed by atoms with Gasteiger partial charge in [0.05, 0.1) is 18.2 Å². The summed E-state index contributed by atoms with van der Waals surface area (Å²) in [6.45, 7) is 2.75. The molecule has 1 fully saturated rings. The Hall–Kier alpha value is -0.120. The Bertz CT molecular complexity index is 108. The average Bonchev–Trinajstić information content (AvgIpc) is 1.95. The number of methoxy groups -OCH3 is 1. The molecule has 60 valence electrons. The van der Waals surface area contributed by atoms with Crippen molar-refractivity contribution in [2.24, 2.45) is 5.73 Å². The van der Waals surface area contributed by atoms with Crippen LogP contribution in [0.2, 0.25) is 0 Å². The van der Waals surface area contributed by atoms with E-state index in [1.165, 1.54) is 0 Å². The quantitative estimate of drug-likeness (QED) is 0.570. The lowest BCUT2D eigenvalue weighted by Gasteiger charge is -2.32. The first kappa shape index (κ1) is 7.98. The molecule has 3 nitrogen and oxygen atoms in total. The van der Waals surface area contributed by atoms with Crippen molar-refractivity contribution >= 4 is 0 Å². The maximum Gasteiger partial charge on any atom is 0.0769 e. The van der Waals surface area contributed by atoms with Gasteiger partial charge >= 0.3 is 0 Å². The maximum absolute atomic E-state index is 5.78. The molecule has 3 heteroatoms. The molecule has 0 aliphatic carbocycles. The molecule has 1 saturated heterocycles. The van der Waals surface area contributed by atoms with Gasteiger partial charge in [-0.2, -0.15) is 0 Å². The monoisotopic (exact) mass is 145 g/mol. The summed E-state index contributed by atoms with van der Waals surface area (Å²) in [5.74, 6) is 0. The summed E-state index contributed by atoms with van der Waals surface area (Å²) >= 11 is 0. The third-order valence-corrected chi connectivity index (χ3v) is 2.06. The Morgan fingerprint density at radius 2 is 2.30 bits per heavy atom. The second-order valence-electron chi connectivity index (χ2n) is 2.72.